The maximum absolute atomic E-state index is 13.2. The van der Waals surface area contributed by atoms with E-state index >= 15 is 0 Å². The fourth-order valence-electron chi connectivity index (χ4n) is 3.79. The standard InChI is InChI=1S/C24H28ClN3O5S/c1-16(2)26-23(30)17(3)27(15-18-8-6-9-19(25)14-18)22(29)12-7-13-28-24(31)20-10-4-5-11-21(20)34(28,32)33/h4-6,8-11,14,16-17H,7,12-13,15H2,1-3H3,(H,26,30)/t17-/m1/s1. The highest BCUT2D eigenvalue weighted by Gasteiger charge is 2.40. The van der Waals surface area contributed by atoms with Crippen molar-refractivity contribution in [2.24, 2.45) is 0 Å². The average molecular weight is 506 g/mol. The number of carbonyl (C=O) groups is 3. The van der Waals surface area contributed by atoms with Crippen molar-refractivity contribution in [3.8, 4) is 0 Å². The lowest BCUT2D eigenvalue weighted by atomic mass is 10.1. The molecule has 1 aliphatic rings. The summed E-state index contributed by atoms with van der Waals surface area (Å²) in [7, 11) is -3.93. The Labute approximate surface area is 204 Å². The lowest BCUT2D eigenvalue weighted by Crippen LogP contribution is -2.49. The van der Waals surface area contributed by atoms with Crippen molar-refractivity contribution in [3.63, 3.8) is 0 Å². The highest BCUT2D eigenvalue weighted by atomic mass is 35.5. The molecule has 10 heteroatoms. The number of fused-ring (bicyclic) bond motifs is 1. The fourth-order valence-corrected chi connectivity index (χ4v) is 5.61. The van der Waals surface area contributed by atoms with Crippen LogP contribution in [0.4, 0.5) is 0 Å². The molecule has 0 saturated carbocycles. The van der Waals surface area contributed by atoms with E-state index in [-0.39, 0.29) is 54.2 Å². The molecule has 2 aromatic rings. The van der Waals surface area contributed by atoms with E-state index in [0.29, 0.717) is 5.02 Å². The molecule has 0 aliphatic carbocycles. The third kappa shape index (κ3) is 5.59. The molecule has 1 heterocycles. The molecular weight excluding hydrogens is 478 g/mol. The molecule has 0 aromatic heterocycles. The number of hydrogen-bond acceptors (Lipinski definition) is 5. The van der Waals surface area contributed by atoms with Gasteiger partial charge in [-0.25, -0.2) is 12.7 Å². The predicted molar refractivity (Wildman–Crippen MR) is 129 cm³/mol. The molecule has 1 aliphatic heterocycles. The van der Waals surface area contributed by atoms with Crippen molar-refractivity contribution < 1.29 is 22.8 Å². The fraction of sp³-hybridized carbons (Fsp3) is 0.375. The van der Waals surface area contributed by atoms with E-state index in [1.807, 2.05) is 19.9 Å². The molecule has 3 amide bonds. The molecule has 0 radical (unpaired) electrons. The number of halogens is 1. The number of carbonyl (C=O) groups excluding carboxylic acids is 3. The molecule has 2 aromatic carbocycles. The van der Waals surface area contributed by atoms with Gasteiger partial charge < -0.3 is 10.2 Å². The first-order chi connectivity index (χ1) is 16.0. The summed E-state index contributed by atoms with van der Waals surface area (Å²) in [5.74, 6) is -1.21. The summed E-state index contributed by atoms with van der Waals surface area (Å²) in [5, 5.41) is 3.33. The molecular formula is C24H28ClN3O5S. The van der Waals surface area contributed by atoms with Crippen LogP contribution in [0, 0.1) is 0 Å². The quantitative estimate of drug-likeness (QED) is 0.563. The number of nitrogens with one attached hydrogen (secondary N) is 1. The van der Waals surface area contributed by atoms with Gasteiger partial charge in [-0.3, -0.25) is 14.4 Å². The minimum Gasteiger partial charge on any atom is -0.352 e. The van der Waals surface area contributed by atoms with Crippen molar-refractivity contribution in [1.82, 2.24) is 14.5 Å². The zero-order valence-corrected chi connectivity index (χ0v) is 20.9. The van der Waals surface area contributed by atoms with Crippen molar-refractivity contribution in [3.05, 3.63) is 64.7 Å². The molecule has 0 bridgehead atoms. The lowest BCUT2D eigenvalue weighted by molar-refractivity contribution is -0.140. The van der Waals surface area contributed by atoms with Crippen LogP contribution in [0.1, 0.15) is 49.5 Å². The zero-order valence-electron chi connectivity index (χ0n) is 19.3. The van der Waals surface area contributed by atoms with Crippen molar-refractivity contribution >= 4 is 39.3 Å². The maximum Gasteiger partial charge on any atom is 0.269 e. The topological polar surface area (TPSA) is 104 Å². The first kappa shape index (κ1) is 25.7. The smallest absolute Gasteiger partial charge is 0.269 e. The van der Waals surface area contributed by atoms with E-state index in [1.165, 1.54) is 17.0 Å². The van der Waals surface area contributed by atoms with Crippen molar-refractivity contribution in [2.45, 2.75) is 57.1 Å². The molecule has 0 saturated heterocycles. The second-order valence-electron chi connectivity index (χ2n) is 8.47. The molecule has 3 rings (SSSR count). The molecule has 1 atom stereocenters. The SMILES string of the molecule is CC(C)NC(=O)[C@@H](C)N(Cc1cccc(Cl)c1)C(=O)CCCN1C(=O)c2ccccc2S1(=O)=O. The van der Waals surface area contributed by atoms with Gasteiger partial charge in [0.1, 0.15) is 10.9 Å². The van der Waals surface area contributed by atoms with E-state index in [4.69, 9.17) is 11.6 Å². The van der Waals surface area contributed by atoms with Gasteiger partial charge in [0.15, 0.2) is 0 Å². The Kier molecular flexibility index (Phi) is 7.99. The van der Waals surface area contributed by atoms with Gasteiger partial charge >= 0.3 is 0 Å². The van der Waals surface area contributed by atoms with Gasteiger partial charge in [0.2, 0.25) is 11.8 Å². The van der Waals surface area contributed by atoms with Gasteiger partial charge in [-0.1, -0.05) is 35.9 Å². The minimum absolute atomic E-state index is 0.0205. The number of amides is 3. The number of hydrogen-bond donors (Lipinski definition) is 1. The molecule has 1 N–H and O–H groups in total. The first-order valence-corrected chi connectivity index (χ1v) is 12.8. The Morgan fingerprint density at radius 2 is 1.79 bits per heavy atom. The van der Waals surface area contributed by atoms with Gasteiger partial charge in [0.25, 0.3) is 15.9 Å². The Morgan fingerprint density at radius 3 is 2.44 bits per heavy atom. The third-order valence-electron chi connectivity index (χ3n) is 5.50. The van der Waals surface area contributed by atoms with Gasteiger partial charge in [0, 0.05) is 30.6 Å². The van der Waals surface area contributed by atoms with Crippen molar-refractivity contribution in [2.75, 3.05) is 6.54 Å². The Hall–Kier alpha value is -2.91. The van der Waals surface area contributed by atoms with Crippen LogP contribution in [0.25, 0.3) is 0 Å². The van der Waals surface area contributed by atoms with E-state index < -0.39 is 22.0 Å². The average Bonchev–Trinajstić information content (AvgIpc) is 2.97. The van der Waals surface area contributed by atoms with E-state index in [1.54, 1.807) is 37.3 Å². The van der Waals surface area contributed by atoms with Crippen LogP contribution in [0.3, 0.4) is 0 Å². The summed E-state index contributed by atoms with van der Waals surface area (Å²) in [6, 6.07) is 12.2. The molecule has 0 spiro atoms. The first-order valence-electron chi connectivity index (χ1n) is 11.0. The van der Waals surface area contributed by atoms with Crippen LogP contribution in [0.15, 0.2) is 53.4 Å². The Balaban J connectivity index is 1.71. The molecule has 8 nitrogen and oxygen atoms in total. The number of sulfonamides is 1. The van der Waals surface area contributed by atoms with Crippen molar-refractivity contribution in [1.29, 1.82) is 0 Å². The summed E-state index contributed by atoms with van der Waals surface area (Å²) in [6.45, 7) is 5.35. The number of rotatable bonds is 9. The Morgan fingerprint density at radius 1 is 1.09 bits per heavy atom. The van der Waals surface area contributed by atoms with Gasteiger partial charge in [-0.15, -0.1) is 0 Å². The van der Waals surface area contributed by atoms with Crippen LogP contribution in [0.2, 0.25) is 5.02 Å². The van der Waals surface area contributed by atoms with Crippen LogP contribution < -0.4 is 5.32 Å². The number of nitrogens with zero attached hydrogens (tertiary/aromatic N) is 2. The lowest BCUT2D eigenvalue weighted by Gasteiger charge is -2.29. The zero-order chi connectivity index (χ0) is 25.0. The minimum atomic E-state index is -3.93. The highest BCUT2D eigenvalue weighted by molar-refractivity contribution is 7.90. The van der Waals surface area contributed by atoms with Crippen LogP contribution >= 0.6 is 11.6 Å². The number of benzene rings is 2. The second-order valence-corrected chi connectivity index (χ2v) is 10.7. The second kappa shape index (κ2) is 10.6. The Bertz CT molecular complexity index is 1200. The summed E-state index contributed by atoms with van der Waals surface area (Å²) in [6.07, 6.45) is 0.0951. The summed E-state index contributed by atoms with van der Waals surface area (Å²) < 4.78 is 26.3. The van der Waals surface area contributed by atoms with Gasteiger partial charge in [-0.2, -0.15) is 0 Å². The van der Waals surface area contributed by atoms with Crippen LogP contribution in [0.5, 0.6) is 0 Å². The molecule has 0 fully saturated rings. The third-order valence-corrected chi connectivity index (χ3v) is 7.58. The van der Waals surface area contributed by atoms with E-state index in [2.05, 4.69) is 5.32 Å². The molecule has 182 valence electrons. The predicted octanol–water partition coefficient (Wildman–Crippen LogP) is 3.21. The summed E-state index contributed by atoms with van der Waals surface area (Å²) in [5.41, 5.74) is 0.896. The summed E-state index contributed by atoms with van der Waals surface area (Å²) >= 11 is 6.08. The summed E-state index contributed by atoms with van der Waals surface area (Å²) in [4.78, 5) is 39.8. The van der Waals surface area contributed by atoms with Gasteiger partial charge in [0.05, 0.1) is 5.56 Å². The molecule has 0 unspecified atom stereocenters. The highest BCUT2D eigenvalue weighted by Crippen LogP contribution is 2.30. The normalized spacial score (nSPS) is 15.2. The van der Waals surface area contributed by atoms with Crippen LogP contribution in [-0.2, 0) is 26.2 Å². The van der Waals surface area contributed by atoms with E-state index in [0.717, 1.165) is 9.87 Å². The van der Waals surface area contributed by atoms with Gasteiger partial charge in [-0.05, 0) is 57.0 Å². The largest absolute Gasteiger partial charge is 0.352 e. The maximum atomic E-state index is 13.2. The molecule has 34 heavy (non-hydrogen) atoms. The monoisotopic (exact) mass is 505 g/mol. The van der Waals surface area contributed by atoms with Crippen LogP contribution in [-0.4, -0.2) is 54.0 Å². The van der Waals surface area contributed by atoms with E-state index in [9.17, 15) is 22.8 Å².